The van der Waals surface area contributed by atoms with Crippen molar-refractivity contribution in [3.8, 4) is 17.2 Å². The minimum atomic E-state index is -0.124. The maximum absolute atomic E-state index is 12.3. The third kappa shape index (κ3) is 3.94. The highest BCUT2D eigenvalue weighted by atomic mass is 16.5. The van der Waals surface area contributed by atoms with Gasteiger partial charge in [0, 0.05) is 11.3 Å². The average molecular weight is 315 g/mol. The monoisotopic (exact) mass is 315 g/mol. The van der Waals surface area contributed by atoms with Crippen LogP contribution in [0.4, 0.5) is 5.69 Å². The van der Waals surface area contributed by atoms with E-state index in [1.165, 1.54) is 7.11 Å². The van der Waals surface area contributed by atoms with Gasteiger partial charge in [0.25, 0.3) is 0 Å². The van der Waals surface area contributed by atoms with Crippen molar-refractivity contribution in [1.29, 1.82) is 0 Å². The fraction of sp³-hybridized carbons (Fsp3) is 0.278. The predicted molar refractivity (Wildman–Crippen MR) is 89.6 cm³/mol. The van der Waals surface area contributed by atoms with E-state index < -0.39 is 0 Å². The van der Waals surface area contributed by atoms with Crippen molar-refractivity contribution in [3.05, 3.63) is 47.5 Å². The number of benzene rings is 2. The molecule has 0 spiro atoms. The lowest BCUT2D eigenvalue weighted by Crippen LogP contribution is -2.15. The molecule has 1 amide bonds. The Kier molecular flexibility index (Phi) is 5.46. The fourth-order valence-corrected chi connectivity index (χ4v) is 2.40. The minimum absolute atomic E-state index is 0.124. The van der Waals surface area contributed by atoms with E-state index in [-0.39, 0.29) is 12.3 Å². The summed E-state index contributed by atoms with van der Waals surface area (Å²) < 4.78 is 16.0. The Morgan fingerprint density at radius 3 is 2.35 bits per heavy atom. The molecule has 122 valence electrons. The number of aryl methyl sites for hydroxylation is 1. The molecule has 0 aliphatic carbocycles. The molecule has 0 saturated carbocycles. The molecule has 5 nitrogen and oxygen atoms in total. The first kappa shape index (κ1) is 16.7. The highest BCUT2D eigenvalue weighted by molar-refractivity contribution is 5.93. The molecule has 0 saturated heterocycles. The highest BCUT2D eigenvalue weighted by Gasteiger charge is 2.17. The van der Waals surface area contributed by atoms with E-state index in [9.17, 15) is 4.79 Å². The molecule has 0 atom stereocenters. The topological polar surface area (TPSA) is 56.8 Å². The van der Waals surface area contributed by atoms with Crippen LogP contribution < -0.4 is 19.5 Å². The molecule has 0 bridgehead atoms. The molecule has 2 rings (SSSR count). The van der Waals surface area contributed by atoms with Crippen molar-refractivity contribution in [2.75, 3.05) is 26.6 Å². The molecule has 1 N–H and O–H groups in total. The number of hydrogen-bond acceptors (Lipinski definition) is 4. The van der Waals surface area contributed by atoms with E-state index in [1.54, 1.807) is 26.4 Å². The molecule has 0 heterocycles. The van der Waals surface area contributed by atoms with Gasteiger partial charge in [-0.2, -0.15) is 0 Å². The van der Waals surface area contributed by atoms with Gasteiger partial charge in [-0.3, -0.25) is 4.79 Å². The first-order chi connectivity index (χ1) is 11.1. The lowest BCUT2D eigenvalue weighted by atomic mass is 10.1. The summed E-state index contributed by atoms with van der Waals surface area (Å²) >= 11 is 0. The molecule has 2 aromatic carbocycles. The van der Waals surface area contributed by atoms with Crippen LogP contribution in [-0.4, -0.2) is 27.2 Å². The zero-order chi connectivity index (χ0) is 16.8. The van der Waals surface area contributed by atoms with Crippen molar-refractivity contribution in [2.24, 2.45) is 0 Å². The van der Waals surface area contributed by atoms with Gasteiger partial charge in [0.1, 0.15) is 0 Å². The van der Waals surface area contributed by atoms with Crippen LogP contribution in [0.25, 0.3) is 0 Å². The van der Waals surface area contributed by atoms with Crippen LogP contribution in [0.3, 0.4) is 0 Å². The highest BCUT2D eigenvalue weighted by Crippen LogP contribution is 2.39. The summed E-state index contributed by atoms with van der Waals surface area (Å²) in [5, 5.41) is 2.88. The molecule has 0 aliphatic heterocycles. The molecule has 2 aromatic rings. The summed E-state index contributed by atoms with van der Waals surface area (Å²) in [6.45, 7) is 1.98. The molecule has 0 unspecified atom stereocenters. The van der Waals surface area contributed by atoms with Crippen molar-refractivity contribution >= 4 is 11.6 Å². The normalized spacial score (nSPS) is 10.1. The number of anilines is 1. The van der Waals surface area contributed by atoms with E-state index in [4.69, 9.17) is 14.2 Å². The van der Waals surface area contributed by atoms with Crippen molar-refractivity contribution in [1.82, 2.24) is 0 Å². The molecule has 0 aromatic heterocycles. The molecular formula is C18H21NO4. The van der Waals surface area contributed by atoms with Crippen LogP contribution in [0.5, 0.6) is 17.2 Å². The van der Waals surface area contributed by atoms with Crippen molar-refractivity contribution < 1.29 is 19.0 Å². The lowest BCUT2D eigenvalue weighted by Gasteiger charge is -2.15. The Balaban J connectivity index is 2.20. The maximum atomic E-state index is 12.3. The fourth-order valence-electron chi connectivity index (χ4n) is 2.40. The zero-order valence-corrected chi connectivity index (χ0v) is 13.8. The van der Waals surface area contributed by atoms with Gasteiger partial charge >= 0.3 is 0 Å². The molecule has 23 heavy (non-hydrogen) atoms. The second-order valence-electron chi connectivity index (χ2n) is 5.09. The van der Waals surface area contributed by atoms with Crippen LogP contribution in [0.15, 0.2) is 36.4 Å². The standard InChI is InChI=1S/C18H21NO4/c1-12-6-5-7-14(10-12)19-16(20)11-13-8-9-15(21-2)18(23-4)17(13)22-3/h5-10H,11H2,1-4H3,(H,19,20). The number of ether oxygens (including phenoxy) is 3. The Morgan fingerprint density at radius 1 is 1.00 bits per heavy atom. The smallest absolute Gasteiger partial charge is 0.228 e. The van der Waals surface area contributed by atoms with Gasteiger partial charge in [-0.25, -0.2) is 0 Å². The number of hydrogen-bond donors (Lipinski definition) is 1. The first-order valence-electron chi connectivity index (χ1n) is 7.23. The number of nitrogens with one attached hydrogen (secondary N) is 1. The van der Waals surface area contributed by atoms with E-state index in [2.05, 4.69) is 5.32 Å². The molecular weight excluding hydrogens is 294 g/mol. The Labute approximate surface area is 136 Å². The number of methoxy groups -OCH3 is 3. The van der Waals surface area contributed by atoms with Gasteiger partial charge in [-0.15, -0.1) is 0 Å². The maximum Gasteiger partial charge on any atom is 0.228 e. The zero-order valence-electron chi connectivity index (χ0n) is 13.8. The van der Waals surface area contributed by atoms with Gasteiger partial charge in [-0.1, -0.05) is 18.2 Å². The number of rotatable bonds is 6. The Hall–Kier alpha value is -2.69. The predicted octanol–water partition coefficient (Wildman–Crippen LogP) is 3.20. The van der Waals surface area contributed by atoms with E-state index in [1.807, 2.05) is 31.2 Å². The van der Waals surface area contributed by atoms with Crippen molar-refractivity contribution in [3.63, 3.8) is 0 Å². The van der Waals surface area contributed by atoms with Crippen LogP contribution in [0, 0.1) is 6.92 Å². The summed E-state index contributed by atoms with van der Waals surface area (Å²) in [5.41, 5.74) is 2.59. The Bertz CT molecular complexity index is 697. The minimum Gasteiger partial charge on any atom is -0.493 e. The second-order valence-corrected chi connectivity index (χ2v) is 5.09. The summed E-state index contributed by atoms with van der Waals surface area (Å²) in [6, 6.07) is 11.2. The van der Waals surface area contributed by atoms with E-state index >= 15 is 0 Å². The van der Waals surface area contributed by atoms with E-state index in [0.717, 1.165) is 16.8 Å². The quantitative estimate of drug-likeness (QED) is 0.889. The average Bonchev–Trinajstić information content (AvgIpc) is 2.54. The first-order valence-corrected chi connectivity index (χ1v) is 7.23. The van der Waals surface area contributed by atoms with Gasteiger partial charge in [0.15, 0.2) is 11.5 Å². The number of amides is 1. The lowest BCUT2D eigenvalue weighted by molar-refractivity contribution is -0.115. The Morgan fingerprint density at radius 2 is 1.74 bits per heavy atom. The third-order valence-corrected chi connectivity index (χ3v) is 3.44. The molecule has 0 radical (unpaired) electrons. The summed E-state index contributed by atoms with van der Waals surface area (Å²) in [5.74, 6) is 1.43. The van der Waals surface area contributed by atoms with E-state index in [0.29, 0.717) is 17.2 Å². The largest absolute Gasteiger partial charge is 0.493 e. The summed E-state index contributed by atoms with van der Waals surface area (Å²) in [7, 11) is 4.64. The second kappa shape index (κ2) is 7.54. The molecule has 5 heteroatoms. The third-order valence-electron chi connectivity index (χ3n) is 3.44. The SMILES string of the molecule is COc1ccc(CC(=O)Nc2cccc(C)c2)c(OC)c1OC. The van der Waals surface area contributed by atoms with Crippen LogP contribution in [0.2, 0.25) is 0 Å². The van der Waals surface area contributed by atoms with Gasteiger partial charge in [0.05, 0.1) is 27.8 Å². The number of carbonyl (C=O) groups excluding carboxylic acids is 1. The van der Waals surface area contributed by atoms with Crippen LogP contribution in [-0.2, 0) is 11.2 Å². The van der Waals surface area contributed by atoms with Gasteiger partial charge in [0.2, 0.25) is 11.7 Å². The van der Waals surface area contributed by atoms with Crippen molar-refractivity contribution in [2.45, 2.75) is 13.3 Å². The molecule has 0 fully saturated rings. The molecule has 0 aliphatic rings. The summed E-state index contributed by atoms with van der Waals surface area (Å²) in [6.07, 6.45) is 0.178. The van der Waals surface area contributed by atoms with Gasteiger partial charge < -0.3 is 19.5 Å². The van der Waals surface area contributed by atoms with Crippen LogP contribution >= 0.6 is 0 Å². The van der Waals surface area contributed by atoms with Crippen LogP contribution in [0.1, 0.15) is 11.1 Å². The van der Waals surface area contributed by atoms with Gasteiger partial charge in [-0.05, 0) is 30.7 Å². The summed E-state index contributed by atoms with van der Waals surface area (Å²) in [4.78, 5) is 12.3. The number of carbonyl (C=O) groups is 1.